The second-order valence-corrected chi connectivity index (χ2v) is 7.26. The van der Waals surface area contributed by atoms with Gasteiger partial charge in [0.2, 0.25) is 0 Å². The maximum Gasteiger partial charge on any atom is 0.112 e. The number of nitrogens with zero attached hydrogens (tertiary/aromatic N) is 1. The Hall–Kier alpha value is -1.22. The molecule has 3 unspecified atom stereocenters. The summed E-state index contributed by atoms with van der Waals surface area (Å²) in [4.78, 5) is 8.24. The van der Waals surface area contributed by atoms with Gasteiger partial charge in [0.1, 0.15) is 11.3 Å². The molecule has 2 aliphatic rings. The monoisotopic (exact) mass is 303 g/mol. The molecule has 1 aromatic carbocycles. The number of hydrogen-bond donors (Lipinski definition) is 2. The molecule has 112 valence electrons. The summed E-state index contributed by atoms with van der Waals surface area (Å²) >= 11 is 6.08. The predicted molar refractivity (Wildman–Crippen MR) is 87.6 cm³/mol. The average molecular weight is 304 g/mol. The van der Waals surface area contributed by atoms with Crippen LogP contribution in [0.4, 0.5) is 5.69 Å². The molecule has 2 saturated carbocycles. The molecular weight excluding hydrogens is 282 g/mol. The summed E-state index contributed by atoms with van der Waals surface area (Å²) in [5.41, 5.74) is 8.56. The molecule has 3 atom stereocenters. The van der Waals surface area contributed by atoms with Gasteiger partial charge in [-0.3, -0.25) is 0 Å². The SMILES string of the molecule is Nc1cc(Cl)cc2[nH]c(C3CCC4CCCCC4C3)nc12. The lowest BCUT2D eigenvalue weighted by atomic mass is 9.67. The lowest BCUT2D eigenvalue weighted by Crippen LogP contribution is -2.27. The number of benzene rings is 1. The highest BCUT2D eigenvalue weighted by molar-refractivity contribution is 6.31. The highest BCUT2D eigenvalue weighted by atomic mass is 35.5. The van der Waals surface area contributed by atoms with Gasteiger partial charge in [-0.05, 0) is 43.2 Å². The third-order valence-corrected chi connectivity index (χ3v) is 5.74. The summed E-state index contributed by atoms with van der Waals surface area (Å²) < 4.78 is 0. The lowest BCUT2D eigenvalue weighted by Gasteiger charge is -2.38. The molecule has 4 rings (SSSR count). The van der Waals surface area contributed by atoms with E-state index in [9.17, 15) is 0 Å². The van der Waals surface area contributed by atoms with E-state index in [1.165, 1.54) is 44.9 Å². The number of aromatic nitrogens is 2. The number of halogens is 1. The summed E-state index contributed by atoms with van der Waals surface area (Å²) in [6, 6.07) is 3.71. The van der Waals surface area contributed by atoms with Crippen LogP contribution in [0.15, 0.2) is 12.1 Å². The fourth-order valence-electron chi connectivity index (χ4n) is 4.44. The number of H-pyrrole nitrogens is 1. The number of nitrogen functional groups attached to an aromatic ring is 1. The minimum atomic E-state index is 0.565. The van der Waals surface area contributed by atoms with Gasteiger partial charge >= 0.3 is 0 Å². The molecular formula is C17H22ClN3. The fraction of sp³-hybridized carbons (Fsp3) is 0.588. The highest BCUT2D eigenvalue weighted by Gasteiger charge is 2.33. The molecule has 0 saturated heterocycles. The zero-order valence-electron chi connectivity index (χ0n) is 12.2. The van der Waals surface area contributed by atoms with E-state index in [4.69, 9.17) is 22.3 Å². The quantitative estimate of drug-likeness (QED) is 0.738. The van der Waals surface area contributed by atoms with Crippen molar-refractivity contribution in [2.24, 2.45) is 11.8 Å². The Kier molecular flexibility index (Phi) is 3.33. The van der Waals surface area contributed by atoms with E-state index < -0.39 is 0 Å². The van der Waals surface area contributed by atoms with Crippen molar-refractivity contribution in [3.8, 4) is 0 Å². The second kappa shape index (κ2) is 5.20. The van der Waals surface area contributed by atoms with Crippen LogP contribution in [-0.4, -0.2) is 9.97 Å². The molecule has 1 heterocycles. The first-order chi connectivity index (χ1) is 10.2. The molecule has 2 aromatic rings. The van der Waals surface area contributed by atoms with Gasteiger partial charge in [0.15, 0.2) is 0 Å². The van der Waals surface area contributed by atoms with Crippen LogP contribution in [0, 0.1) is 11.8 Å². The average Bonchev–Trinajstić information content (AvgIpc) is 2.91. The normalized spacial score (nSPS) is 29.5. The molecule has 4 heteroatoms. The van der Waals surface area contributed by atoms with E-state index >= 15 is 0 Å². The Morgan fingerprint density at radius 2 is 1.90 bits per heavy atom. The van der Waals surface area contributed by atoms with Crippen molar-refractivity contribution in [3.05, 3.63) is 23.0 Å². The van der Waals surface area contributed by atoms with Crippen molar-refractivity contribution in [1.82, 2.24) is 9.97 Å². The Labute approximate surface area is 130 Å². The van der Waals surface area contributed by atoms with Crippen molar-refractivity contribution in [1.29, 1.82) is 0 Å². The summed E-state index contributed by atoms with van der Waals surface area (Å²) in [7, 11) is 0. The molecule has 0 aliphatic heterocycles. The summed E-state index contributed by atoms with van der Waals surface area (Å²) in [6.07, 6.45) is 9.62. The number of anilines is 1. The molecule has 0 radical (unpaired) electrons. The van der Waals surface area contributed by atoms with Crippen LogP contribution in [0.25, 0.3) is 11.0 Å². The Bertz CT molecular complexity index is 663. The number of nitrogens with two attached hydrogens (primary N) is 1. The molecule has 0 amide bonds. The number of nitrogens with one attached hydrogen (secondary N) is 1. The lowest BCUT2D eigenvalue weighted by molar-refractivity contribution is 0.153. The third-order valence-electron chi connectivity index (χ3n) is 5.53. The van der Waals surface area contributed by atoms with Crippen LogP contribution >= 0.6 is 11.6 Å². The van der Waals surface area contributed by atoms with E-state index in [-0.39, 0.29) is 0 Å². The van der Waals surface area contributed by atoms with Crippen LogP contribution in [0.2, 0.25) is 5.02 Å². The van der Waals surface area contributed by atoms with Crippen molar-refractivity contribution < 1.29 is 0 Å². The molecule has 3 nitrogen and oxygen atoms in total. The van der Waals surface area contributed by atoms with Gasteiger partial charge in [0.25, 0.3) is 0 Å². The number of aromatic amines is 1. The van der Waals surface area contributed by atoms with Gasteiger partial charge in [-0.2, -0.15) is 0 Å². The Morgan fingerprint density at radius 1 is 1.10 bits per heavy atom. The number of hydrogen-bond acceptors (Lipinski definition) is 2. The van der Waals surface area contributed by atoms with Gasteiger partial charge in [0.05, 0.1) is 11.2 Å². The maximum atomic E-state index is 6.08. The molecule has 0 spiro atoms. The van der Waals surface area contributed by atoms with Gasteiger partial charge in [0, 0.05) is 10.9 Å². The van der Waals surface area contributed by atoms with E-state index in [0.717, 1.165) is 28.7 Å². The summed E-state index contributed by atoms with van der Waals surface area (Å²) in [6.45, 7) is 0. The first-order valence-corrected chi connectivity index (χ1v) is 8.53. The number of imidazole rings is 1. The predicted octanol–water partition coefficient (Wildman–Crippen LogP) is 4.87. The van der Waals surface area contributed by atoms with Crippen molar-refractivity contribution in [2.45, 2.75) is 50.9 Å². The second-order valence-electron chi connectivity index (χ2n) is 6.83. The van der Waals surface area contributed by atoms with Crippen LogP contribution in [0.5, 0.6) is 0 Å². The van der Waals surface area contributed by atoms with Gasteiger partial charge < -0.3 is 10.7 Å². The Morgan fingerprint density at radius 3 is 2.76 bits per heavy atom. The van der Waals surface area contributed by atoms with Crippen LogP contribution < -0.4 is 5.73 Å². The van der Waals surface area contributed by atoms with E-state index in [2.05, 4.69) is 4.98 Å². The smallest absolute Gasteiger partial charge is 0.112 e. The van der Waals surface area contributed by atoms with Crippen molar-refractivity contribution >= 4 is 28.3 Å². The maximum absolute atomic E-state index is 6.08. The van der Waals surface area contributed by atoms with Crippen LogP contribution in [0.3, 0.4) is 0 Å². The molecule has 0 bridgehead atoms. The van der Waals surface area contributed by atoms with Gasteiger partial charge in [-0.25, -0.2) is 4.98 Å². The summed E-state index contributed by atoms with van der Waals surface area (Å²) in [5, 5.41) is 0.672. The van der Waals surface area contributed by atoms with Gasteiger partial charge in [-0.1, -0.05) is 37.3 Å². The van der Waals surface area contributed by atoms with E-state index in [1.54, 1.807) is 6.07 Å². The fourth-order valence-corrected chi connectivity index (χ4v) is 4.67. The first-order valence-electron chi connectivity index (χ1n) is 8.15. The van der Waals surface area contributed by atoms with Crippen LogP contribution in [0.1, 0.15) is 56.7 Å². The highest BCUT2D eigenvalue weighted by Crippen LogP contribution is 2.45. The third kappa shape index (κ3) is 2.42. The van der Waals surface area contributed by atoms with E-state index in [0.29, 0.717) is 16.6 Å². The van der Waals surface area contributed by atoms with Crippen molar-refractivity contribution in [3.63, 3.8) is 0 Å². The number of fused-ring (bicyclic) bond motifs is 2. The van der Waals surface area contributed by atoms with Crippen LogP contribution in [-0.2, 0) is 0 Å². The molecule has 21 heavy (non-hydrogen) atoms. The standard InChI is InChI=1S/C17H22ClN3/c18-13-8-14(19)16-15(9-13)20-17(21-16)12-6-5-10-3-1-2-4-11(10)7-12/h8-12H,1-7,19H2,(H,20,21). The largest absolute Gasteiger partial charge is 0.397 e. The molecule has 1 aromatic heterocycles. The molecule has 3 N–H and O–H groups in total. The zero-order chi connectivity index (χ0) is 14.4. The molecule has 2 aliphatic carbocycles. The minimum Gasteiger partial charge on any atom is -0.397 e. The number of rotatable bonds is 1. The topological polar surface area (TPSA) is 54.7 Å². The van der Waals surface area contributed by atoms with E-state index in [1.807, 2.05) is 6.07 Å². The molecule has 2 fully saturated rings. The summed E-state index contributed by atoms with van der Waals surface area (Å²) in [5.74, 6) is 3.56. The van der Waals surface area contributed by atoms with Crippen molar-refractivity contribution in [2.75, 3.05) is 5.73 Å². The van der Waals surface area contributed by atoms with Gasteiger partial charge in [-0.15, -0.1) is 0 Å². The first kappa shape index (κ1) is 13.4. The minimum absolute atomic E-state index is 0.565. The Balaban J connectivity index is 1.63. The zero-order valence-corrected chi connectivity index (χ0v) is 13.0.